The van der Waals surface area contributed by atoms with Gasteiger partial charge in [0.1, 0.15) is 11.7 Å². The first-order valence-corrected chi connectivity index (χ1v) is 13.6. The van der Waals surface area contributed by atoms with Crippen molar-refractivity contribution in [1.82, 2.24) is 14.5 Å². The molecule has 0 spiro atoms. The van der Waals surface area contributed by atoms with Gasteiger partial charge in [0.25, 0.3) is 5.56 Å². The second kappa shape index (κ2) is 9.90. The van der Waals surface area contributed by atoms with Gasteiger partial charge in [0.15, 0.2) is 0 Å². The summed E-state index contributed by atoms with van der Waals surface area (Å²) in [7, 11) is 0. The number of nitrogens with zero attached hydrogens (tertiary/aromatic N) is 4. The molecule has 2 heterocycles. The third kappa shape index (κ3) is 4.99. The summed E-state index contributed by atoms with van der Waals surface area (Å²) in [6.07, 6.45) is 0. The van der Waals surface area contributed by atoms with Crippen molar-refractivity contribution >= 4 is 32.7 Å². The Morgan fingerprint density at radius 2 is 1.70 bits per heavy atom. The van der Waals surface area contributed by atoms with Crippen LogP contribution in [-0.2, 0) is 6.54 Å². The maximum Gasteiger partial charge on any atom is 0.261 e. The summed E-state index contributed by atoms with van der Waals surface area (Å²) in [5.74, 6) is 1.90. The van der Waals surface area contributed by atoms with E-state index in [-0.39, 0.29) is 23.1 Å². The maximum absolute atomic E-state index is 13.9. The molecule has 6 heteroatoms. The van der Waals surface area contributed by atoms with Crippen molar-refractivity contribution in [3.8, 4) is 0 Å². The number of rotatable bonds is 6. The van der Waals surface area contributed by atoms with Gasteiger partial charge in [-0.05, 0) is 56.0 Å². The molecule has 0 bridgehead atoms. The summed E-state index contributed by atoms with van der Waals surface area (Å²) >= 11 is 3.71. The molecular weight excluding hydrogens is 524 g/mol. The van der Waals surface area contributed by atoms with Gasteiger partial charge in [0, 0.05) is 16.6 Å². The van der Waals surface area contributed by atoms with Crippen LogP contribution >= 0.6 is 15.9 Å². The van der Waals surface area contributed by atoms with E-state index in [1.807, 2.05) is 47.0 Å². The normalized spacial score (nSPS) is 15.9. The van der Waals surface area contributed by atoms with E-state index in [4.69, 9.17) is 9.98 Å². The van der Waals surface area contributed by atoms with Gasteiger partial charge in [-0.25, -0.2) is 4.98 Å². The minimum absolute atomic E-state index is 0.00914. The Kier molecular flexibility index (Phi) is 6.80. The average molecular weight is 558 g/mol. The van der Waals surface area contributed by atoms with Gasteiger partial charge in [0.2, 0.25) is 0 Å². The van der Waals surface area contributed by atoms with E-state index in [0.717, 1.165) is 39.3 Å². The number of hydrogen-bond acceptors (Lipinski definition) is 4. The van der Waals surface area contributed by atoms with Gasteiger partial charge in [-0.15, -0.1) is 0 Å². The summed E-state index contributed by atoms with van der Waals surface area (Å²) in [6.45, 7) is 12.0. The van der Waals surface area contributed by atoms with Crippen LogP contribution < -0.4 is 5.56 Å². The monoisotopic (exact) mass is 556 g/mol. The van der Waals surface area contributed by atoms with Gasteiger partial charge in [-0.2, -0.15) is 0 Å². The molecule has 1 aliphatic heterocycles. The topological polar surface area (TPSA) is 50.5 Å². The van der Waals surface area contributed by atoms with E-state index in [9.17, 15) is 4.79 Å². The number of aromatic nitrogens is 2. The SMILES string of the molecule is Cc1ccc(C2=NC(C)(C)CN2C(c2nc3ccccc3c(=O)n2Cc2ccccc2)C(C)C)cc1Br. The Balaban J connectivity index is 1.71. The number of aryl methyl sites for hydroxylation is 1. The van der Waals surface area contributed by atoms with Gasteiger partial charge < -0.3 is 4.90 Å². The zero-order valence-electron chi connectivity index (χ0n) is 22.1. The van der Waals surface area contributed by atoms with Crippen molar-refractivity contribution in [1.29, 1.82) is 0 Å². The fourth-order valence-corrected chi connectivity index (χ4v) is 5.58. The van der Waals surface area contributed by atoms with Crippen LogP contribution in [0.1, 0.15) is 56.3 Å². The number of benzene rings is 3. The van der Waals surface area contributed by atoms with Crippen molar-refractivity contribution in [2.24, 2.45) is 10.9 Å². The predicted octanol–water partition coefficient (Wildman–Crippen LogP) is 6.75. The molecule has 0 saturated heterocycles. The van der Waals surface area contributed by atoms with E-state index in [1.165, 1.54) is 5.56 Å². The number of para-hydroxylation sites is 1. The third-order valence-corrected chi connectivity index (χ3v) is 7.83. The largest absolute Gasteiger partial charge is 0.344 e. The third-order valence-electron chi connectivity index (χ3n) is 6.97. The molecule has 3 aromatic carbocycles. The van der Waals surface area contributed by atoms with Crippen LogP contribution in [0.2, 0.25) is 0 Å². The molecule has 190 valence electrons. The van der Waals surface area contributed by atoms with Crippen molar-refractivity contribution in [2.75, 3.05) is 6.54 Å². The molecule has 0 N–H and O–H groups in total. The quantitative estimate of drug-likeness (QED) is 0.264. The summed E-state index contributed by atoms with van der Waals surface area (Å²) in [5.41, 5.74) is 3.77. The van der Waals surface area contributed by atoms with Crippen LogP contribution in [0, 0.1) is 12.8 Å². The molecule has 1 aromatic heterocycles. The molecule has 1 atom stereocenters. The van der Waals surface area contributed by atoms with Crippen LogP contribution in [0.25, 0.3) is 10.9 Å². The lowest BCUT2D eigenvalue weighted by molar-refractivity contribution is 0.225. The van der Waals surface area contributed by atoms with E-state index >= 15 is 0 Å². The first-order valence-electron chi connectivity index (χ1n) is 12.8. The van der Waals surface area contributed by atoms with Crippen molar-refractivity contribution in [3.63, 3.8) is 0 Å². The van der Waals surface area contributed by atoms with Gasteiger partial charge in [-0.1, -0.05) is 84.4 Å². The second-order valence-electron chi connectivity index (χ2n) is 10.9. The number of hydrogen-bond donors (Lipinski definition) is 0. The van der Waals surface area contributed by atoms with Crippen LogP contribution in [-0.4, -0.2) is 32.4 Å². The van der Waals surface area contributed by atoms with E-state index in [2.05, 4.69) is 85.8 Å². The lowest BCUT2D eigenvalue weighted by atomic mass is 9.98. The number of fused-ring (bicyclic) bond motifs is 1. The molecule has 0 fully saturated rings. The van der Waals surface area contributed by atoms with E-state index in [1.54, 1.807) is 0 Å². The Morgan fingerprint density at radius 1 is 1.00 bits per heavy atom. The molecular formula is C31H33BrN4O. The summed E-state index contributed by atoms with van der Waals surface area (Å²) in [6, 6.07) is 24.1. The zero-order valence-corrected chi connectivity index (χ0v) is 23.7. The van der Waals surface area contributed by atoms with E-state index < -0.39 is 0 Å². The van der Waals surface area contributed by atoms with E-state index in [0.29, 0.717) is 11.9 Å². The molecule has 0 amide bonds. The van der Waals surface area contributed by atoms with Crippen LogP contribution in [0.3, 0.4) is 0 Å². The fourth-order valence-electron chi connectivity index (χ4n) is 5.20. The summed E-state index contributed by atoms with van der Waals surface area (Å²) < 4.78 is 2.93. The van der Waals surface area contributed by atoms with Gasteiger partial charge >= 0.3 is 0 Å². The first-order chi connectivity index (χ1) is 17.6. The average Bonchev–Trinajstić information content (AvgIpc) is 3.18. The van der Waals surface area contributed by atoms with Gasteiger partial charge in [-0.3, -0.25) is 14.4 Å². The minimum atomic E-state index is -0.263. The highest BCUT2D eigenvalue weighted by Gasteiger charge is 2.39. The molecule has 5 rings (SSSR count). The Morgan fingerprint density at radius 3 is 2.41 bits per heavy atom. The van der Waals surface area contributed by atoms with Gasteiger partial charge in [0.05, 0.1) is 29.0 Å². The predicted molar refractivity (Wildman–Crippen MR) is 155 cm³/mol. The molecule has 37 heavy (non-hydrogen) atoms. The number of halogens is 1. The second-order valence-corrected chi connectivity index (χ2v) is 11.7. The highest BCUT2D eigenvalue weighted by Crippen LogP contribution is 2.36. The Bertz CT molecular complexity index is 1540. The lowest BCUT2D eigenvalue weighted by Crippen LogP contribution is -2.42. The minimum Gasteiger partial charge on any atom is -0.344 e. The first kappa shape index (κ1) is 25.4. The lowest BCUT2D eigenvalue weighted by Gasteiger charge is -2.35. The zero-order chi connectivity index (χ0) is 26.3. The van der Waals surface area contributed by atoms with Crippen LogP contribution in [0.15, 0.2) is 87.1 Å². The van der Waals surface area contributed by atoms with Crippen molar-refractivity contribution < 1.29 is 0 Å². The van der Waals surface area contributed by atoms with Crippen molar-refractivity contribution in [3.05, 3.63) is 110 Å². The molecule has 4 aromatic rings. The highest BCUT2D eigenvalue weighted by atomic mass is 79.9. The van der Waals surface area contributed by atoms with Crippen LogP contribution in [0.5, 0.6) is 0 Å². The number of aliphatic imine (C=N–C) groups is 1. The summed E-state index contributed by atoms with van der Waals surface area (Å²) in [5, 5.41) is 0.641. The Hall–Kier alpha value is -3.25. The summed E-state index contributed by atoms with van der Waals surface area (Å²) in [4.78, 5) is 26.6. The molecule has 1 unspecified atom stereocenters. The molecule has 1 aliphatic rings. The Labute approximate surface area is 227 Å². The smallest absolute Gasteiger partial charge is 0.261 e. The molecule has 0 saturated carbocycles. The standard InChI is InChI=1S/C31H33BrN4O/c1-20(2)27(36-19-31(4,5)34-28(36)23-16-15-21(3)25(32)17-23)29-33-26-14-10-9-13-24(26)30(37)35(29)18-22-11-7-6-8-12-22/h6-17,20,27H,18-19H2,1-5H3. The molecule has 0 radical (unpaired) electrons. The highest BCUT2D eigenvalue weighted by molar-refractivity contribution is 9.10. The molecule has 5 nitrogen and oxygen atoms in total. The van der Waals surface area contributed by atoms with Crippen molar-refractivity contribution in [2.45, 2.75) is 52.7 Å². The number of amidine groups is 1. The van der Waals surface area contributed by atoms with Crippen LogP contribution in [0.4, 0.5) is 0 Å². The molecule has 0 aliphatic carbocycles. The fraction of sp³-hybridized carbons (Fsp3) is 0.323. The maximum atomic E-state index is 13.9.